The number of likely N-dealkylation sites (N-methyl/N-ethyl adjacent to an activating group) is 1. The zero-order chi connectivity index (χ0) is 18.5. The number of rotatable bonds is 12. The van der Waals surface area contributed by atoms with Crippen molar-refractivity contribution >= 4 is 11.9 Å². The van der Waals surface area contributed by atoms with Gasteiger partial charge in [-0.25, -0.2) is 0 Å². The summed E-state index contributed by atoms with van der Waals surface area (Å²) in [5, 5.41) is 0. The van der Waals surface area contributed by atoms with E-state index in [2.05, 4.69) is 0 Å². The Labute approximate surface area is 150 Å². The van der Waals surface area contributed by atoms with Crippen LogP contribution < -0.4 is 4.74 Å². The van der Waals surface area contributed by atoms with Crippen LogP contribution >= 0.6 is 0 Å². The van der Waals surface area contributed by atoms with Gasteiger partial charge in [-0.3, -0.25) is 9.59 Å². The van der Waals surface area contributed by atoms with Gasteiger partial charge in [0.2, 0.25) is 5.91 Å². The van der Waals surface area contributed by atoms with Crippen molar-refractivity contribution in [1.29, 1.82) is 0 Å². The lowest BCUT2D eigenvalue weighted by molar-refractivity contribution is -0.144. The lowest BCUT2D eigenvalue weighted by Crippen LogP contribution is -2.38. The van der Waals surface area contributed by atoms with Gasteiger partial charge in [-0.1, -0.05) is 18.2 Å². The molecule has 0 saturated heterocycles. The fraction of sp³-hybridized carbons (Fsp3) is 0.579. The molecule has 0 aliphatic rings. The van der Waals surface area contributed by atoms with E-state index >= 15 is 0 Å². The Balaban J connectivity index is 2.37. The third kappa shape index (κ3) is 9.72. The number of esters is 1. The van der Waals surface area contributed by atoms with Crippen LogP contribution in [-0.2, 0) is 14.3 Å². The smallest absolute Gasteiger partial charge is 0.307 e. The summed E-state index contributed by atoms with van der Waals surface area (Å²) >= 11 is 0. The first-order valence-corrected chi connectivity index (χ1v) is 8.79. The SMILES string of the molecule is CCOC(=O)CCN(CCN(C)C)C(=O)CCCOc1ccccc1. The van der Waals surface area contributed by atoms with Crippen molar-refractivity contribution in [1.82, 2.24) is 9.80 Å². The number of benzene rings is 1. The Bertz CT molecular complexity index is 505. The van der Waals surface area contributed by atoms with Crippen LogP contribution in [0.4, 0.5) is 0 Å². The van der Waals surface area contributed by atoms with Crippen LogP contribution in [0, 0.1) is 0 Å². The van der Waals surface area contributed by atoms with Crippen LogP contribution in [0.25, 0.3) is 0 Å². The van der Waals surface area contributed by atoms with Crippen molar-refractivity contribution in [3.8, 4) is 5.75 Å². The maximum atomic E-state index is 12.4. The van der Waals surface area contributed by atoms with E-state index in [-0.39, 0.29) is 18.3 Å². The third-order valence-corrected chi connectivity index (χ3v) is 3.61. The number of hydrogen-bond donors (Lipinski definition) is 0. The first-order valence-electron chi connectivity index (χ1n) is 8.79. The Hall–Kier alpha value is -2.08. The molecule has 0 aliphatic carbocycles. The molecule has 1 rings (SSSR count). The molecule has 0 fully saturated rings. The molecule has 6 heteroatoms. The molecule has 0 N–H and O–H groups in total. The molecule has 0 unspecified atom stereocenters. The topological polar surface area (TPSA) is 59.1 Å². The average Bonchev–Trinajstić information content (AvgIpc) is 2.59. The largest absolute Gasteiger partial charge is 0.494 e. The maximum absolute atomic E-state index is 12.4. The summed E-state index contributed by atoms with van der Waals surface area (Å²) in [6.45, 7) is 4.39. The van der Waals surface area contributed by atoms with Gasteiger partial charge >= 0.3 is 5.97 Å². The van der Waals surface area contributed by atoms with Crippen molar-refractivity contribution < 1.29 is 19.1 Å². The molecule has 0 spiro atoms. The number of hydrogen-bond acceptors (Lipinski definition) is 5. The van der Waals surface area contributed by atoms with Gasteiger partial charge in [-0.15, -0.1) is 0 Å². The second-order valence-electron chi connectivity index (χ2n) is 6.00. The van der Waals surface area contributed by atoms with E-state index in [1.54, 1.807) is 11.8 Å². The number of ether oxygens (including phenoxy) is 2. The molecule has 0 aromatic heterocycles. The van der Waals surface area contributed by atoms with Crippen LogP contribution in [0.5, 0.6) is 5.75 Å². The van der Waals surface area contributed by atoms with Crippen LogP contribution in [0.1, 0.15) is 26.2 Å². The normalized spacial score (nSPS) is 10.6. The summed E-state index contributed by atoms with van der Waals surface area (Å²) in [5.74, 6) is 0.585. The Morgan fingerprint density at radius 3 is 2.36 bits per heavy atom. The van der Waals surface area contributed by atoms with E-state index in [9.17, 15) is 9.59 Å². The zero-order valence-electron chi connectivity index (χ0n) is 15.6. The van der Waals surface area contributed by atoms with Crippen molar-refractivity contribution in [3.05, 3.63) is 30.3 Å². The van der Waals surface area contributed by atoms with Gasteiger partial charge < -0.3 is 19.3 Å². The van der Waals surface area contributed by atoms with Crippen LogP contribution in [0.3, 0.4) is 0 Å². The van der Waals surface area contributed by atoms with Crippen LogP contribution in [0.15, 0.2) is 30.3 Å². The minimum Gasteiger partial charge on any atom is -0.494 e. The van der Waals surface area contributed by atoms with E-state index in [0.29, 0.717) is 39.1 Å². The predicted octanol–water partition coefficient (Wildman–Crippen LogP) is 2.19. The fourth-order valence-electron chi connectivity index (χ4n) is 2.23. The van der Waals surface area contributed by atoms with E-state index in [0.717, 1.165) is 12.3 Å². The Morgan fingerprint density at radius 2 is 1.72 bits per heavy atom. The molecular formula is C19H30N2O4. The molecule has 1 aromatic rings. The molecule has 1 amide bonds. The average molecular weight is 350 g/mol. The molecule has 0 bridgehead atoms. The molecular weight excluding hydrogens is 320 g/mol. The lowest BCUT2D eigenvalue weighted by Gasteiger charge is -2.24. The summed E-state index contributed by atoms with van der Waals surface area (Å²) in [7, 11) is 3.92. The molecule has 0 heterocycles. The van der Waals surface area contributed by atoms with Gasteiger partial charge in [-0.05, 0) is 39.6 Å². The van der Waals surface area contributed by atoms with Crippen molar-refractivity contribution in [2.45, 2.75) is 26.2 Å². The van der Waals surface area contributed by atoms with E-state index in [1.807, 2.05) is 49.3 Å². The van der Waals surface area contributed by atoms with E-state index in [4.69, 9.17) is 9.47 Å². The van der Waals surface area contributed by atoms with Gasteiger partial charge in [0.25, 0.3) is 0 Å². The highest BCUT2D eigenvalue weighted by atomic mass is 16.5. The third-order valence-electron chi connectivity index (χ3n) is 3.61. The standard InChI is InChI=1S/C19H30N2O4/c1-4-24-19(23)12-13-21(15-14-20(2)3)18(22)11-8-16-25-17-9-6-5-7-10-17/h5-7,9-10H,4,8,11-16H2,1-3H3. The van der Waals surface area contributed by atoms with Crippen LogP contribution in [0.2, 0.25) is 0 Å². The van der Waals surface area contributed by atoms with Crippen LogP contribution in [-0.4, -0.2) is 68.6 Å². The van der Waals surface area contributed by atoms with Crippen molar-refractivity contribution in [2.75, 3.05) is 46.9 Å². The molecule has 0 radical (unpaired) electrons. The maximum Gasteiger partial charge on any atom is 0.307 e. The first kappa shape index (κ1) is 21.0. The summed E-state index contributed by atoms with van der Waals surface area (Å²) in [5.41, 5.74) is 0. The molecule has 140 valence electrons. The molecule has 6 nitrogen and oxygen atoms in total. The zero-order valence-corrected chi connectivity index (χ0v) is 15.6. The van der Waals surface area contributed by atoms with Crippen molar-refractivity contribution in [2.24, 2.45) is 0 Å². The first-order chi connectivity index (χ1) is 12.0. The molecule has 0 aliphatic heterocycles. The number of amides is 1. The molecule has 1 aromatic carbocycles. The minimum atomic E-state index is -0.266. The second-order valence-corrected chi connectivity index (χ2v) is 6.00. The Morgan fingerprint density at radius 1 is 1.00 bits per heavy atom. The number of nitrogens with zero attached hydrogens (tertiary/aromatic N) is 2. The van der Waals surface area contributed by atoms with Gasteiger partial charge in [0.15, 0.2) is 0 Å². The molecule has 0 saturated carbocycles. The minimum absolute atomic E-state index is 0.0443. The van der Waals surface area contributed by atoms with E-state index in [1.165, 1.54) is 0 Å². The van der Waals surface area contributed by atoms with Gasteiger partial charge in [0.1, 0.15) is 5.75 Å². The van der Waals surface area contributed by atoms with E-state index < -0.39 is 0 Å². The molecule has 0 atom stereocenters. The highest BCUT2D eigenvalue weighted by Crippen LogP contribution is 2.09. The number of para-hydroxylation sites is 1. The highest BCUT2D eigenvalue weighted by Gasteiger charge is 2.15. The number of carbonyl (C=O) groups is 2. The predicted molar refractivity (Wildman–Crippen MR) is 97.6 cm³/mol. The number of carbonyl (C=O) groups excluding carboxylic acids is 2. The summed E-state index contributed by atoms with van der Waals surface area (Å²) < 4.78 is 10.5. The van der Waals surface area contributed by atoms with Gasteiger partial charge in [-0.2, -0.15) is 0 Å². The van der Waals surface area contributed by atoms with Crippen molar-refractivity contribution in [3.63, 3.8) is 0 Å². The quantitative estimate of drug-likeness (QED) is 0.427. The lowest BCUT2D eigenvalue weighted by atomic mass is 10.2. The highest BCUT2D eigenvalue weighted by molar-refractivity contribution is 5.77. The fourth-order valence-corrected chi connectivity index (χ4v) is 2.23. The monoisotopic (exact) mass is 350 g/mol. The van der Waals surface area contributed by atoms with Gasteiger partial charge in [0.05, 0.1) is 19.6 Å². The van der Waals surface area contributed by atoms with Gasteiger partial charge in [0, 0.05) is 26.1 Å². The molecule has 25 heavy (non-hydrogen) atoms. The summed E-state index contributed by atoms with van der Waals surface area (Å²) in [6.07, 6.45) is 1.28. The Kier molecular flexibility index (Phi) is 10.3. The summed E-state index contributed by atoms with van der Waals surface area (Å²) in [4.78, 5) is 27.7. The summed E-state index contributed by atoms with van der Waals surface area (Å²) in [6, 6.07) is 9.55. The second kappa shape index (κ2) is 12.3.